The molecule has 1 fully saturated rings. The van der Waals surface area contributed by atoms with Crippen molar-refractivity contribution in [3.63, 3.8) is 0 Å². The fourth-order valence-corrected chi connectivity index (χ4v) is 6.45. The second-order valence-electron chi connectivity index (χ2n) is 9.83. The Balaban J connectivity index is 1.51. The number of alkyl halides is 3. The first-order valence-corrected chi connectivity index (χ1v) is 13.1. The van der Waals surface area contributed by atoms with Gasteiger partial charge in [-0.1, -0.05) is 43.6 Å². The molecule has 2 aromatic rings. The largest absolute Gasteiger partial charge is 0.413 e. The van der Waals surface area contributed by atoms with E-state index < -0.39 is 18.1 Å². The van der Waals surface area contributed by atoms with Crippen molar-refractivity contribution in [1.82, 2.24) is 4.90 Å². The summed E-state index contributed by atoms with van der Waals surface area (Å²) in [6.07, 6.45) is -2.49. The molecule has 1 N–H and O–H groups in total. The van der Waals surface area contributed by atoms with Gasteiger partial charge in [0.05, 0.1) is 0 Å². The molecule has 0 bridgehead atoms. The van der Waals surface area contributed by atoms with E-state index in [0.29, 0.717) is 17.9 Å². The van der Waals surface area contributed by atoms with Crippen LogP contribution in [0.2, 0.25) is 5.02 Å². The number of benzene rings is 2. The van der Waals surface area contributed by atoms with Gasteiger partial charge in [-0.2, -0.15) is 24.9 Å². The minimum absolute atomic E-state index is 0.0693. The highest BCUT2D eigenvalue weighted by Crippen LogP contribution is 2.42. The highest BCUT2D eigenvalue weighted by atomic mass is 35.5. The van der Waals surface area contributed by atoms with Gasteiger partial charge < -0.3 is 10.2 Å². The number of nitrogens with zero attached hydrogens (tertiary/aromatic N) is 1. The number of thioether (sulfide) groups is 1. The van der Waals surface area contributed by atoms with Gasteiger partial charge in [-0.3, -0.25) is 4.79 Å². The number of fused-ring (bicyclic) bond motifs is 1. The molecule has 1 saturated heterocycles. The van der Waals surface area contributed by atoms with Gasteiger partial charge in [-0.25, -0.2) is 0 Å². The van der Waals surface area contributed by atoms with Crippen molar-refractivity contribution in [3.05, 3.63) is 64.2 Å². The fourth-order valence-electron chi connectivity index (χ4n) is 5.18. The van der Waals surface area contributed by atoms with Crippen LogP contribution in [0, 0.1) is 5.92 Å². The van der Waals surface area contributed by atoms with Crippen LogP contribution in [-0.4, -0.2) is 41.6 Å². The van der Waals surface area contributed by atoms with Gasteiger partial charge in [-0.05, 0) is 71.7 Å². The lowest BCUT2D eigenvalue weighted by atomic mass is 9.83. The molecule has 2 aliphatic rings. The number of nitrogens with one attached hydrogen (secondary N) is 1. The summed E-state index contributed by atoms with van der Waals surface area (Å²) in [5.74, 6) is 0.870. The molecule has 2 atom stereocenters. The zero-order valence-corrected chi connectivity index (χ0v) is 21.2. The molecule has 1 aliphatic carbocycles. The Morgan fingerprint density at radius 1 is 1.15 bits per heavy atom. The van der Waals surface area contributed by atoms with E-state index in [1.165, 1.54) is 30.3 Å². The molecule has 1 aliphatic heterocycles. The third kappa shape index (κ3) is 5.06. The Bertz CT molecular complexity index is 1040. The minimum atomic E-state index is -4.56. The highest BCUT2D eigenvalue weighted by molar-refractivity contribution is 7.99. The maximum atomic E-state index is 14.1. The smallest absolute Gasteiger partial charge is 0.381 e. The zero-order chi connectivity index (χ0) is 24.7. The molecular weight excluding hydrogens is 481 g/mol. The number of carbonyl (C=O) groups excluding carboxylic acids is 1. The van der Waals surface area contributed by atoms with Crippen LogP contribution >= 0.6 is 23.4 Å². The predicted molar refractivity (Wildman–Crippen MR) is 134 cm³/mol. The Morgan fingerprint density at radius 3 is 2.41 bits per heavy atom. The van der Waals surface area contributed by atoms with Crippen molar-refractivity contribution in [2.45, 2.75) is 56.8 Å². The maximum Gasteiger partial charge on any atom is 0.413 e. The molecule has 3 nitrogen and oxygen atoms in total. The first-order chi connectivity index (χ1) is 16.0. The van der Waals surface area contributed by atoms with E-state index in [4.69, 9.17) is 11.6 Å². The molecule has 0 radical (unpaired) electrons. The van der Waals surface area contributed by atoms with Gasteiger partial charge in [0, 0.05) is 35.1 Å². The lowest BCUT2D eigenvalue weighted by molar-refractivity contribution is -0.190. The summed E-state index contributed by atoms with van der Waals surface area (Å²) in [5, 5.41) is 4.19. The topological polar surface area (TPSA) is 32.3 Å². The lowest BCUT2D eigenvalue weighted by Crippen LogP contribution is -2.43. The molecule has 2 aromatic carbocycles. The van der Waals surface area contributed by atoms with E-state index in [2.05, 4.69) is 19.2 Å². The first-order valence-electron chi connectivity index (χ1n) is 11.5. The van der Waals surface area contributed by atoms with Crippen LogP contribution in [-0.2, 0) is 16.6 Å². The average Bonchev–Trinajstić information content (AvgIpc) is 3.03. The van der Waals surface area contributed by atoms with Gasteiger partial charge in [-0.15, -0.1) is 0 Å². The van der Waals surface area contributed by atoms with E-state index in [1.807, 2.05) is 18.2 Å². The van der Waals surface area contributed by atoms with E-state index in [1.54, 1.807) is 23.9 Å². The minimum Gasteiger partial charge on any atom is -0.381 e. The van der Waals surface area contributed by atoms with Gasteiger partial charge in [0.25, 0.3) is 0 Å². The van der Waals surface area contributed by atoms with E-state index >= 15 is 0 Å². The van der Waals surface area contributed by atoms with Crippen LogP contribution in [0.15, 0.2) is 42.5 Å². The molecule has 1 unspecified atom stereocenters. The van der Waals surface area contributed by atoms with Crippen LogP contribution in [0.3, 0.4) is 0 Å². The number of halogens is 4. The molecule has 184 valence electrons. The molecular formula is C26H30ClF3N2OS. The number of carbonyl (C=O) groups is 1. The summed E-state index contributed by atoms with van der Waals surface area (Å²) >= 11 is 7.94. The number of amides is 1. The Morgan fingerprint density at radius 2 is 1.79 bits per heavy atom. The number of rotatable bonds is 5. The summed E-state index contributed by atoms with van der Waals surface area (Å²) < 4.78 is 42.2. The summed E-state index contributed by atoms with van der Waals surface area (Å²) in [7, 11) is 1.28. The molecule has 0 saturated carbocycles. The summed E-state index contributed by atoms with van der Waals surface area (Å²) in [6, 6.07) is 10.3. The van der Waals surface area contributed by atoms with Crippen LogP contribution in [0.4, 0.5) is 18.9 Å². The number of hydrogen-bond acceptors (Lipinski definition) is 3. The third-order valence-corrected chi connectivity index (χ3v) is 8.53. The number of hydrogen-bond donors (Lipinski definition) is 1. The molecule has 4 rings (SSSR count). The standard InChI is InChI=1S/C26H30ClF3N2OS/c1-25(2)21-15-19(27)7-4-18(21)14-22(25)31-20-8-5-16(6-9-20)23(26(28,29)30)32(3)24(33)17-10-12-34-13-11-17/h4-9,15,17,22-23,31H,10-14H2,1-3H3/t22?,23-/m0/s1. The second-order valence-corrected chi connectivity index (χ2v) is 11.5. The van der Waals surface area contributed by atoms with Crippen LogP contribution in [0.25, 0.3) is 0 Å². The van der Waals surface area contributed by atoms with E-state index in [9.17, 15) is 18.0 Å². The Labute approximate surface area is 208 Å². The van der Waals surface area contributed by atoms with Crippen molar-refractivity contribution in [3.8, 4) is 0 Å². The Kier molecular flexibility index (Phi) is 7.16. The van der Waals surface area contributed by atoms with E-state index in [-0.39, 0.29) is 22.9 Å². The van der Waals surface area contributed by atoms with Crippen LogP contribution in [0.1, 0.15) is 49.4 Å². The molecule has 34 heavy (non-hydrogen) atoms. The monoisotopic (exact) mass is 510 g/mol. The highest BCUT2D eigenvalue weighted by Gasteiger charge is 2.46. The van der Waals surface area contributed by atoms with Crippen LogP contribution < -0.4 is 5.32 Å². The van der Waals surface area contributed by atoms with Crippen molar-refractivity contribution in [2.24, 2.45) is 5.92 Å². The third-order valence-electron chi connectivity index (χ3n) is 7.24. The number of anilines is 1. The molecule has 8 heteroatoms. The normalized spacial score (nSPS) is 21.1. The maximum absolute atomic E-state index is 14.1. The zero-order valence-electron chi connectivity index (χ0n) is 19.6. The van der Waals surface area contributed by atoms with Gasteiger partial charge in [0.1, 0.15) is 0 Å². The van der Waals surface area contributed by atoms with Gasteiger partial charge in [0.2, 0.25) is 5.91 Å². The molecule has 1 heterocycles. The fraction of sp³-hybridized carbons (Fsp3) is 0.500. The first kappa shape index (κ1) is 25.2. The van der Waals surface area contributed by atoms with Crippen molar-refractivity contribution < 1.29 is 18.0 Å². The quantitative estimate of drug-likeness (QED) is 0.477. The predicted octanol–water partition coefficient (Wildman–Crippen LogP) is 6.86. The van der Waals surface area contributed by atoms with Gasteiger partial charge >= 0.3 is 6.18 Å². The molecule has 0 spiro atoms. The second kappa shape index (κ2) is 9.65. The SMILES string of the molecule is CN(C(=O)C1CCSCC1)[C@@H](c1ccc(NC2Cc3ccc(Cl)cc3C2(C)C)cc1)C(F)(F)F. The van der Waals surface area contributed by atoms with E-state index in [0.717, 1.165) is 28.5 Å². The Hall–Kier alpha value is -1.86. The van der Waals surface area contributed by atoms with Crippen LogP contribution in [0.5, 0.6) is 0 Å². The van der Waals surface area contributed by atoms with Gasteiger partial charge in [0.15, 0.2) is 6.04 Å². The lowest BCUT2D eigenvalue weighted by Gasteiger charge is -2.34. The average molecular weight is 511 g/mol. The van der Waals surface area contributed by atoms with Crippen molar-refractivity contribution in [1.29, 1.82) is 0 Å². The summed E-state index contributed by atoms with van der Waals surface area (Å²) in [5.41, 5.74) is 3.05. The molecule has 0 aromatic heterocycles. The van der Waals surface area contributed by atoms with Crippen molar-refractivity contribution in [2.75, 3.05) is 23.9 Å². The summed E-state index contributed by atoms with van der Waals surface area (Å²) in [4.78, 5) is 13.7. The van der Waals surface area contributed by atoms with Crippen molar-refractivity contribution >= 4 is 35.0 Å². The molecule has 1 amide bonds. The summed E-state index contributed by atoms with van der Waals surface area (Å²) in [6.45, 7) is 4.29.